The molecule has 3 heterocycles. The second-order valence-electron chi connectivity index (χ2n) is 7.70. The molecule has 0 saturated heterocycles. The quantitative estimate of drug-likeness (QED) is 0.659. The highest BCUT2D eigenvalue weighted by atomic mass is 19.4. The number of aromatic amines is 1. The maximum atomic E-state index is 13.3. The second kappa shape index (κ2) is 7.75. The number of nitrogens with one attached hydrogen (secondary N) is 2. The van der Waals surface area contributed by atoms with Crippen LogP contribution in [0.2, 0.25) is 0 Å². The van der Waals surface area contributed by atoms with E-state index in [1.807, 2.05) is 18.9 Å². The van der Waals surface area contributed by atoms with E-state index in [1.54, 1.807) is 13.0 Å². The third-order valence-corrected chi connectivity index (χ3v) is 5.59. The van der Waals surface area contributed by atoms with Gasteiger partial charge in [-0.05, 0) is 38.3 Å². The molecule has 0 aliphatic carbocycles. The van der Waals surface area contributed by atoms with Crippen molar-refractivity contribution in [3.05, 3.63) is 62.6 Å². The van der Waals surface area contributed by atoms with Crippen molar-refractivity contribution in [2.75, 3.05) is 23.8 Å². The van der Waals surface area contributed by atoms with Crippen LogP contribution in [0.1, 0.15) is 34.4 Å². The van der Waals surface area contributed by atoms with E-state index >= 15 is 0 Å². The van der Waals surface area contributed by atoms with E-state index in [1.165, 1.54) is 16.8 Å². The number of hydrogen-bond donors (Lipinski definition) is 2. The standard InChI is InChI=1S/C21H23F3N6O/c1-12-13(2)28-30(20-26-18-15(19(31)27-20)8-6-10-29(18)3)17(12)25-11-14-7-4-5-9-16(14)21(22,23)24/h4-5,7,9,25H,6,8,10-11H2,1-3H3,(H,26,27,31). The maximum Gasteiger partial charge on any atom is 0.416 e. The van der Waals surface area contributed by atoms with Gasteiger partial charge in [-0.3, -0.25) is 9.78 Å². The van der Waals surface area contributed by atoms with Gasteiger partial charge in [0.25, 0.3) is 5.56 Å². The van der Waals surface area contributed by atoms with E-state index in [0.717, 1.165) is 24.6 Å². The predicted molar refractivity (Wildman–Crippen MR) is 112 cm³/mol. The number of fused-ring (bicyclic) bond motifs is 1. The molecule has 2 N–H and O–H groups in total. The van der Waals surface area contributed by atoms with Crippen LogP contribution >= 0.6 is 0 Å². The van der Waals surface area contributed by atoms with Gasteiger partial charge < -0.3 is 10.2 Å². The van der Waals surface area contributed by atoms with E-state index < -0.39 is 11.7 Å². The first kappa shape index (κ1) is 21.0. The summed E-state index contributed by atoms with van der Waals surface area (Å²) in [5.41, 5.74) is 1.27. The van der Waals surface area contributed by atoms with E-state index in [-0.39, 0.29) is 23.6 Å². The van der Waals surface area contributed by atoms with E-state index in [4.69, 9.17) is 0 Å². The summed E-state index contributed by atoms with van der Waals surface area (Å²) in [4.78, 5) is 21.9. The molecular formula is C21H23F3N6O. The molecule has 0 atom stereocenters. The maximum absolute atomic E-state index is 13.3. The van der Waals surface area contributed by atoms with E-state index in [0.29, 0.717) is 29.3 Å². The van der Waals surface area contributed by atoms with Crippen LogP contribution < -0.4 is 15.8 Å². The van der Waals surface area contributed by atoms with Crippen LogP contribution in [0.15, 0.2) is 29.1 Å². The first-order chi connectivity index (χ1) is 14.7. The minimum absolute atomic E-state index is 0.0588. The Bertz CT molecular complexity index is 1180. The van der Waals surface area contributed by atoms with Gasteiger partial charge in [0.1, 0.15) is 11.6 Å². The van der Waals surface area contributed by atoms with Crippen molar-refractivity contribution in [2.24, 2.45) is 0 Å². The minimum atomic E-state index is -4.45. The second-order valence-corrected chi connectivity index (χ2v) is 7.70. The Morgan fingerprint density at radius 3 is 2.71 bits per heavy atom. The smallest absolute Gasteiger partial charge is 0.366 e. The molecule has 31 heavy (non-hydrogen) atoms. The molecule has 1 aromatic carbocycles. The van der Waals surface area contributed by atoms with Gasteiger partial charge in [-0.15, -0.1) is 0 Å². The predicted octanol–water partition coefficient (Wildman–Crippen LogP) is 3.59. The first-order valence-corrected chi connectivity index (χ1v) is 9.96. The molecule has 3 aromatic rings. The Balaban J connectivity index is 1.73. The van der Waals surface area contributed by atoms with Gasteiger partial charge in [-0.25, -0.2) is 0 Å². The zero-order chi connectivity index (χ0) is 22.3. The number of halogens is 3. The zero-order valence-corrected chi connectivity index (χ0v) is 17.5. The van der Waals surface area contributed by atoms with Gasteiger partial charge in [0.15, 0.2) is 0 Å². The Morgan fingerprint density at radius 1 is 1.23 bits per heavy atom. The lowest BCUT2D eigenvalue weighted by Crippen LogP contribution is -2.32. The molecule has 1 aliphatic rings. The number of anilines is 2. The highest BCUT2D eigenvalue weighted by Gasteiger charge is 2.33. The molecule has 10 heteroatoms. The lowest BCUT2D eigenvalue weighted by Gasteiger charge is -2.25. The summed E-state index contributed by atoms with van der Waals surface area (Å²) in [5.74, 6) is 1.31. The molecule has 0 spiro atoms. The van der Waals surface area contributed by atoms with Crippen molar-refractivity contribution in [1.29, 1.82) is 0 Å². The Labute approximate surface area is 176 Å². The minimum Gasteiger partial charge on any atom is -0.366 e. The average Bonchev–Trinajstić information content (AvgIpc) is 3.00. The van der Waals surface area contributed by atoms with Gasteiger partial charge in [0.2, 0.25) is 5.95 Å². The molecular weight excluding hydrogens is 409 g/mol. The fourth-order valence-corrected chi connectivity index (χ4v) is 3.81. The van der Waals surface area contributed by atoms with Gasteiger partial charge >= 0.3 is 6.18 Å². The van der Waals surface area contributed by atoms with Crippen molar-refractivity contribution in [3.8, 4) is 5.95 Å². The average molecular weight is 432 g/mol. The van der Waals surface area contributed by atoms with Gasteiger partial charge in [-0.1, -0.05) is 18.2 Å². The SMILES string of the molecule is Cc1nn(-c2nc3c(c(=O)[nH]2)CCCN3C)c(NCc2ccccc2C(F)(F)F)c1C. The van der Waals surface area contributed by atoms with Crippen molar-refractivity contribution >= 4 is 11.6 Å². The normalized spacial score (nSPS) is 13.9. The topological polar surface area (TPSA) is 78.8 Å². The fraction of sp³-hybridized carbons (Fsp3) is 0.381. The summed E-state index contributed by atoms with van der Waals surface area (Å²) < 4.78 is 41.5. The monoisotopic (exact) mass is 432 g/mol. The van der Waals surface area contributed by atoms with Crippen molar-refractivity contribution < 1.29 is 13.2 Å². The van der Waals surface area contributed by atoms with Crippen LogP contribution in [0.25, 0.3) is 5.95 Å². The van der Waals surface area contributed by atoms with Crippen LogP contribution in [0.5, 0.6) is 0 Å². The Kier molecular flexibility index (Phi) is 5.24. The summed E-state index contributed by atoms with van der Waals surface area (Å²) in [6.45, 7) is 4.35. The van der Waals surface area contributed by atoms with Crippen molar-refractivity contribution in [2.45, 2.75) is 39.4 Å². The first-order valence-electron chi connectivity index (χ1n) is 9.96. The molecule has 2 aromatic heterocycles. The third kappa shape index (κ3) is 3.89. The molecule has 0 saturated carbocycles. The van der Waals surface area contributed by atoms with Gasteiger partial charge in [0, 0.05) is 25.7 Å². The summed E-state index contributed by atoms with van der Waals surface area (Å²) in [6.07, 6.45) is -2.92. The molecule has 0 amide bonds. The molecule has 0 fully saturated rings. The van der Waals surface area contributed by atoms with Crippen LogP contribution in [0.4, 0.5) is 24.8 Å². The zero-order valence-electron chi connectivity index (χ0n) is 17.5. The van der Waals surface area contributed by atoms with Gasteiger partial charge in [0.05, 0.1) is 16.8 Å². The molecule has 0 unspecified atom stereocenters. The van der Waals surface area contributed by atoms with E-state index in [9.17, 15) is 18.0 Å². The molecule has 1 aliphatic heterocycles. The number of benzene rings is 1. The Morgan fingerprint density at radius 2 is 1.97 bits per heavy atom. The molecule has 7 nitrogen and oxygen atoms in total. The lowest BCUT2D eigenvalue weighted by atomic mass is 10.1. The number of hydrogen-bond acceptors (Lipinski definition) is 5. The summed E-state index contributed by atoms with van der Waals surface area (Å²) in [7, 11) is 1.88. The Hall–Kier alpha value is -3.30. The molecule has 0 bridgehead atoms. The fourth-order valence-electron chi connectivity index (χ4n) is 3.81. The highest BCUT2D eigenvalue weighted by molar-refractivity contribution is 5.53. The number of aryl methyl sites for hydroxylation is 1. The molecule has 0 radical (unpaired) electrons. The summed E-state index contributed by atoms with van der Waals surface area (Å²) in [5, 5.41) is 7.52. The lowest BCUT2D eigenvalue weighted by molar-refractivity contribution is -0.138. The summed E-state index contributed by atoms with van der Waals surface area (Å²) >= 11 is 0. The third-order valence-electron chi connectivity index (χ3n) is 5.59. The molecule has 4 rings (SSSR count). The van der Waals surface area contributed by atoms with E-state index in [2.05, 4.69) is 20.4 Å². The van der Waals surface area contributed by atoms with Crippen LogP contribution in [-0.2, 0) is 19.1 Å². The largest absolute Gasteiger partial charge is 0.416 e. The molecule has 164 valence electrons. The summed E-state index contributed by atoms with van der Waals surface area (Å²) in [6, 6.07) is 5.43. The van der Waals surface area contributed by atoms with Crippen molar-refractivity contribution in [1.82, 2.24) is 19.7 Å². The number of alkyl halides is 3. The number of rotatable bonds is 4. The van der Waals surface area contributed by atoms with Crippen LogP contribution in [0, 0.1) is 13.8 Å². The highest BCUT2D eigenvalue weighted by Crippen LogP contribution is 2.32. The van der Waals surface area contributed by atoms with Crippen molar-refractivity contribution in [3.63, 3.8) is 0 Å². The number of nitrogens with zero attached hydrogens (tertiary/aromatic N) is 4. The van der Waals surface area contributed by atoms with Gasteiger partial charge in [-0.2, -0.15) is 27.9 Å². The van der Waals surface area contributed by atoms with Crippen LogP contribution in [0.3, 0.4) is 0 Å². The number of aromatic nitrogens is 4. The number of H-pyrrole nitrogens is 1. The van der Waals surface area contributed by atoms with Crippen LogP contribution in [-0.4, -0.2) is 33.3 Å².